The molecule has 8 heteroatoms. The number of para-hydroxylation sites is 1. The molecule has 0 aliphatic carbocycles. The summed E-state index contributed by atoms with van der Waals surface area (Å²) >= 11 is 1.49. The highest BCUT2D eigenvalue weighted by atomic mass is 32.1. The largest absolute Gasteiger partial charge is 0.487 e. The Hall–Kier alpha value is -2.87. The highest BCUT2D eigenvalue weighted by Crippen LogP contribution is 2.43. The van der Waals surface area contributed by atoms with Crippen LogP contribution in [0.5, 0.6) is 5.75 Å². The van der Waals surface area contributed by atoms with Crippen molar-refractivity contribution in [2.24, 2.45) is 0 Å². The van der Waals surface area contributed by atoms with Crippen LogP contribution in [-0.4, -0.2) is 23.5 Å². The number of amides is 1. The van der Waals surface area contributed by atoms with Crippen molar-refractivity contribution in [3.8, 4) is 16.9 Å². The van der Waals surface area contributed by atoms with E-state index in [-0.39, 0.29) is 30.5 Å². The predicted molar refractivity (Wildman–Crippen MR) is 109 cm³/mol. The van der Waals surface area contributed by atoms with Gasteiger partial charge in [0.05, 0.1) is 29.2 Å². The lowest BCUT2D eigenvalue weighted by Crippen LogP contribution is -2.35. The van der Waals surface area contributed by atoms with E-state index in [0.29, 0.717) is 17.7 Å². The molecule has 1 N–H and O–H groups in total. The Morgan fingerprint density at radius 3 is 2.70 bits per heavy atom. The minimum absolute atomic E-state index is 0.0884. The molecule has 3 aromatic rings. The monoisotopic (exact) mass is 432 g/mol. The van der Waals surface area contributed by atoms with Gasteiger partial charge in [0.25, 0.3) is 0 Å². The smallest absolute Gasteiger partial charge is 0.417 e. The van der Waals surface area contributed by atoms with Crippen molar-refractivity contribution in [1.82, 2.24) is 10.3 Å². The first-order chi connectivity index (χ1) is 14.3. The van der Waals surface area contributed by atoms with Crippen molar-refractivity contribution in [3.63, 3.8) is 0 Å². The van der Waals surface area contributed by atoms with Crippen LogP contribution in [0, 0.1) is 6.92 Å². The summed E-state index contributed by atoms with van der Waals surface area (Å²) in [5.41, 5.74) is 1.35. The van der Waals surface area contributed by atoms with E-state index in [9.17, 15) is 18.0 Å². The second kappa shape index (κ2) is 8.10. The maximum Gasteiger partial charge on any atom is 0.417 e. The van der Waals surface area contributed by atoms with Gasteiger partial charge < -0.3 is 10.1 Å². The molecule has 4 nitrogen and oxygen atoms in total. The molecule has 1 atom stereocenters. The number of rotatable bonds is 5. The number of aryl methyl sites for hydroxylation is 1. The first-order valence-electron chi connectivity index (χ1n) is 9.44. The van der Waals surface area contributed by atoms with E-state index >= 15 is 0 Å². The van der Waals surface area contributed by atoms with E-state index in [1.165, 1.54) is 23.5 Å². The van der Waals surface area contributed by atoms with Gasteiger partial charge in [0.2, 0.25) is 5.91 Å². The van der Waals surface area contributed by atoms with Crippen LogP contribution in [0.25, 0.3) is 11.1 Å². The highest BCUT2D eigenvalue weighted by molar-refractivity contribution is 7.09. The summed E-state index contributed by atoms with van der Waals surface area (Å²) in [4.78, 5) is 16.4. The van der Waals surface area contributed by atoms with Crippen LogP contribution in [-0.2, 0) is 23.8 Å². The lowest BCUT2D eigenvalue weighted by atomic mass is 9.96. The second-order valence-electron chi connectivity index (χ2n) is 7.12. The number of benzene rings is 2. The van der Waals surface area contributed by atoms with E-state index in [1.807, 2.05) is 18.4 Å². The van der Waals surface area contributed by atoms with E-state index in [0.717, 1.165) is 22.3 Å². The van der Waals surface area contributed by atoms with E-state index < -0.39 is 11.7 Å². The van der Waals surface area contributed by atoms with Crippen molar-refractivity contribution in [2.45, 2.75) is 32.0 Å². The minimum Gasteiger partial charge on any atom is -0.487 e. The Labute approximate surface area is 175 Å². The molecule has 0 unspecified atom stereocenters. The standard InChI is InChI=1S/C22H19F3N2O2S/c1-13-27-15(12-30-13)10-20(28)26-11-16-9-14-5-4-7-18(21(14)29-16)17-6-2-3-8-19(17)22(23,24)25/h2-8,12,16H,9-11H2,1H3,(H,26,28)/t16-/m1/s1. The fraction of sp³-hybridized carbons (Fsp3) is 0.273. The van der Waals surface area contributed by atoms with Crippen molar-refractivity contribution in [1.29, 1.82) is 0 Å². The van der Waals surface area contributed by atoms with Crippen molar-refractivity contribution in [3.05, 3.63) is 69.7 Å². The third-order valence-electron chi connectivity index (χ3n) is 4.89. The number of nitrogens with one attached hydrogen (secondary N) is 1. The Kier molecular flexibility index (Phi) is 5.51. The fourth-order valence-electron chi connectivity index (χ4n) is 3.57. The van der Waals surface area contributed by atoms with Crippen LogP contribution in [0.2, 0.25) is 0 Å². The third kappa shape index (κ3) is 4.33. The molecule has 0 fully saturated rings. The maximum atomic E-state index is 13.5. The Bertz CT molecular complexity index is 1080. The van der Waals surface area contributed by atoms with E-state index in [2.05, 4.69) is 10.3 Å². The number of thiazole rings is 1. The normalized spacial score (nSPS) is 15.5. The summed E-state index contributed by atoms with van der Waals surface area (Å²) in [6.45, 7) is 2.15. The fourth-order valence-corrected chi connectivity index (χ4v) is 4.19. The summed E-state index contributed by atoms with van der Waals surface area (Å²) in [5.74, 6) is 0.283. The molecular formula is C22H19F3N2O2S. The molecule has 1 aliphatic rings. The minimum atomic E-state index is -4.46. The molecule has 156 valence electrons. The summed E-state index contributed by atoms with van der Waals surface area (Å²) in [6, 6.07) is 10.7. The number of alkyl halides is 3. The number of carbonyl (C=O) groups excluding carboxylic acids is 1. The van der Waals surface area contributed by atoms with Crippen molar-refractivity contribution < 1.29 is 22.7 Å². The lowest BCUT2D eigenvalue weighted by molar-refractivity contribution is -0.137. The second-order valence-corrected chi connectivity index (χ2v) is 8.18. The summed E-state index contributed by atoms with van der Waals surface area (Å²) in [5, 5.41) is 5.58. The van der Waals surface area contributed by atoms with Gasteiger partial charge in [-0.3, -0.25) is 4.79 Å². The molecule has 1 aromatic heterocycles. The molecule has 0 saturated carbocycles. The first kappa shape index (κ1) is 20.4. The van der Waals surface area contributed by atoms with Gasteiger partial charge in [-0.05, 0) is 24.1 Å². The van der Waals surface area contributed by atoms with Crippen LogP contribution >= 0.6 is 11.3 Å². The average molecular weight is 432 g/mol. The van der Waals surface area contributed by atoms with Gasteiger partial charge in [-0.25, -0.2) is 4.98 Å². The number of nitrogens with zero attached hydrogens (tertiary/aromatic N) is 1. The van der Waals surface area contributed by atoms with Gasteiger partial charge in [-0.15, -0.1) is 11.3 Å². The number of ether oxygens (including phenoxy) is 1. The molecule has 2 aromatic carbocycles. The van der Waals surface area contributed by atoms with Gasteiger partial charge in [0.1, 0.15) is 11.9 Å². The summed E-state index contributed by atoms with van der Waals surface area (Å²) < 4.78 is 46.3. The molecule has 0 bridgehead atoms. The number of carbonyl (C=O) groups is 1. The van der Waals surface area contributed by atoms with Gasteiger partial charge in [-0.1, -0.05) is 36.4 Å². The highest BCUT2D eigenvalue weighted by Gasteiger charge is 2.35. The number of aromatic nitrogens is 1. The molecule has 0 saturated heterocycles. The topological polar surface area (TPSA) is 51.2 Å². The van der Waals surface area contributed by atoms with Gasteiger partial charge >= 0.3 is 6.18 Å². The van der Waals surface area contributed by atoms with Crippen LogP contribution in [0.1, 0.15) is 21.8 Å². The van der Waals surface area contributed by atoms with E-state index in [4.69, 9.17) is 4.74 Å². The van der Waals surface area contributed by atoms with Gasteiger partial charge in [-0.2, -0.15) is 13.2 Å². The molecule has 4 rings (SSSR count). The zero-order valence-electron chi connectivity index (χ0n) is 16.1. The van der Waals surface area contributed by atoms with Gasteiger partial charge in [0.15, 0.2) is 0 Å². The number of hydrogen-bond donors (Lipinski definition) is 1. The molecule has 1 aliphatic heterocycles. The molecule has 0 radical (unpaired) electrons. The zero-order chi connectivity index (χ0) is 21.3. The zero-order valence-corrected chi connectivity index (χ0v) is 16.9. The molecule has 30 heavy (non-hydrogen) atoms. The number of hydrogen-bond acceptors (Lipinski definition) is 4. The number of fused-ring (bicyclic) bond motifs is 1. The Balaban J connectivity index is 1.47. The van der Waals surface area contributed by atoms with Gasteiger partial charge in [0, 0.05) is 17.4 Å². The third-order valence-corrected chi connectivity index (χ3v) is 5.71. The van der Waals surface area contributed by atoms with Crippen LogP contribution in [0.3, 0.4) is 0 Å². The quantitative estimate of drug-likeness (QED) is 0.630. The maximum absolute atomic E-state index is 13.5. The predicted octanol–water partition coefficient (Wildman–Crippen LogP) is 4.80. The lowest BCUT2D eigenvalue weighted by Gasteiger charge is -2.16. The Morgan fingerprint density at radius 1 is 1.20 bits per heavy atom. The van der Waals surface area contributed by atoms with Crippen molar-refractivity contribution in [2.75, 3.05) is 6.54 Å². The molecular weight excluding hydrogens is 413 g/mol. The Morgan fingerprint density at radius 2 is 1.97 bits per heavy atom. The van der Waals surface area contributed by atoms with Crippen LogP contribution in [0.4, 0.5) is 13.2 Å². The number of halogens is 3. The molecule has 2 heterocycles. The van der Waals surface area contributed by atoms with Crippen LogP contribution < -0.4 is 10.1 Å². The first-order valence-corrected chi connectivity index (χ1v) is 10.3. The molecule has 0 spiro atoms. The summed E-state index contributed by atoms with van der Waals surface area (Å²) in [6.07, 6.45) is -4.08. The summed E-state index contributed by atoms with van der Waals surface area (Å²) in [7, 11) is 0. The molecule has 1 amide bonds. The van der Waals surface area contributed by atoms with E-state index in [1.54, 1.807) is 18.2 Å². The van der Waals surface area contributed by atoms with Crippen molar-refractivity contribution >= 4 is 17.2 Å². The van der Waals surface area contributed by atoms with Crippen LogP contribution in [0.15, 0.2) is 47.8 Å². The SMILES string of the molecule is Cc1nc(CC(=O)NC[C@H]2Cc3cccc(-c4ccccc4C(F)(F)F)c3O2)cs1. The average Bonchev–Trinajstić information content (AvgIpc) is 3.31.